The number of hydrogen-bond acceptors (Lipinski definition) is 6. The lowest BCUT2D eigenvalue weighted by molar-refractivity contribution is -0.116. The summed E-state index contributed by atoms with van der Waals surface area (Å²) in [7, 11) is 0. The lowest BCUT2D eigenvalue weighted by Crippen LogP contribution is -2.51. The molecule has 6 heteroatoms. The van der Waals surface area contributed by atoms with Crippen LogP contribution in [0.2, 0.25) is 0 Å². The Balaban J connectivity index is 1.28. The number of morpholine rings is 1. The molecular formula is C17H27N3O2S. The molecule has 3 fully saturated rings. The van der Waals surface area contributed by atoms with Crippen LogP contribution < -0.4 is 0 Å². The van der Waals surface area contributed by atoms with Crippen molar-refractivity contribution in [3.05, 3.63) is 16.6 Å². The van der Waals surface area contributed by atoms with Gasteiger partial charge in [0.1, 0.15) is 5.01 Å². The molecule has 0 spiro atoms. The molecule has 2 saturated heterocycles. The number of nitrogens with zero attached hydrogens (tertiary/aromatic N) is 3. The van der Waals surface area contributed by atoms with Gasteiger partial charge in [0.2, 0.25) is 0 Å². The third-order valence-electron chi connectivity index (χ3n) is 5.41. The predicted molar refractivity (Wildman–Crippen MR) is 90.7 cm³/mol. The molecule has 1 aliphatic carbocycles. The Kier molecular flexibility index (Phi) is 5.26. The second-order valence-corrected chi connectivity index (χ2v) is 7.81. The van der Waals surface area contributed by atoms with Crippen molar-refractivity contribution in [3.8, 4) is 0 Å². The molecule has 128 valence electrons. The first-order chi connectivity index (χ1) is 11.4. The molecule has 23 heavy (non-hydrogen) atoms. The zero-order valence-electron chi connectivity index (χ0n) is 13.7. The smallest absolute Gasteiger partial charge is 0.107 e. The number of fused-ring (bicyclic) bond motifs is 1. The predicted octanol–water partition coefficient (Wildman–Crippen LogP) is 1.99. The summed E-state index contributed by atoms with van der Waals surface area (Å²) in [6.07, 6.45) is 7.45. The van der Waals surface area contributed by atoms with Gasteiger partial charge in [-0.1, -0.05) is 0 Å². The zero-order valence-corrected chi connectivity index (χ0v) is 14.5. The second kappa shape index (κ2) is 7.57. The average Bonchev–Trinajstić information content (AvgIpc) is 3.30. The van der Waals surface area contributed by atoms with Crippen molar-refractivity contribution in [1.29, 1.82) is 0 Å². The van der Waals surface area contributed by atoms with E-state index in [4.69, 9.17) is 9.47 Å². The van der Waals surface area contributed by atoms with E-state index in [-0.39, 0.29) is 12.2 Å². The van der Waals surface area contributed by atoms with Crippen LogP contribution in [-0.2, 0) is 16.0 Å². The second-order valence-electron chi connectivity index (χ2n) is 6.83. The summed E-state index contributed by atoms with van der Waals surface area (Å²) < 4.78 is 12.3. The summed E-state index contributed by atoms with van der Waals surface area (Å²) in [6.45, 7) is 7.22. The SMILES string of the molecule is c1csc(CN2CCO[C@H]3[C@H](OCCN4CCCC4)CC[C@@H]32)n1. The first-order valence-corrected chi connectivity index (χ1v) is 9.86. The molecule has 2 aliphatic heterocycles. The van der Waals surface area contributed by atoms with E-state index in [0.717, 1.165) is 39.3 Å². The van der Waals surface area contributed by atoms with E-state index in [1.165, 1.54) is 37.4 Å². The van der Waals surface area contributed by atoms with E-state index in [1.807, 2.05) is 6.20 Å². The Morgan fingerprint density at radius 1 is 1.26 bits per heavy atom. The summed E-state index contributed by atoms with van der Waals surface area (Å²) in [4.78, 5) is 9.51. The number of likely N-dealkylation sites (tertiary alicyclic amines) is 1. The molecule has 0 unspecified atom stereocenters. The highest BCUT2D eigenvalue weighted by molar-refractivity contribution is 7.09. The number of aromatic nitrogens is 1. The van der Waals surface area contributed by atoms with Crippen molar-refractivity contribution in [2.24, 2.45) is 0 Å². The van der Waals surface area contributed by atoms with Crippen molar-refractivity contribution < 1.29 is 9.47 Å². The Labute approximate surface area is 142 Å². The lowest BCUT2D eigenvalue weighted by Gasteiger charge is -2.38. The normalized spacial score (nSPS) is 32.4. The minimum atomic E-state index is 0.252. The third kappa shape index (κ3) is 3.77. The number of hydrogen-bond donors (Lipinski definition) is 0. The van der Waals surface area contributed by atoms with E-state index in [9.17, 15) is 0 Å². The number of ether oxygens (including phenoxy) is 2. The maximum atomic E-state index is 6.21. The van der Waals surface area contributed by atoms with Gasteiger partial charge in [-0.2, -0.15) is 0 Å². The zero-order chi connectivity index (χ0) is 15.5. The first-order valence-electron chi connectivity index (χ1n) is 8.98. The maximum Gasteiger partial charge on any atom is 0.107 e. The molecule has 3 atom stereocenters. The summed E-state index contributed by atoms with van der Waals surface area (Å²) in [5.74, 6) is 0. The van der Waals surface area contributed by atoms with Crippen molar-refractivity contribution in [2.75, 3.05) is 39.4 Å². The minimum absolute atomic E-state index is 0.252. The third-order valence-corrected chi connectivity index (χ3v) is 6.17. The van der Waals surface area contributed by atoms with E-state index in [0.29, 0.717) is 6.04 Å². The molecule has 3 heterocycles. The Morgan fingerprint density at radius 3 is 3.00 bits per heavy atom. The van der Waals surface area contributed by atoms with Gasteiger partial charge in [-0.25, -0.2) is 4.98 Å². The standard InChI is InChI=1S/C17H27N3O2S/c1-2-7-19(6-1)8-10-21-15-4-3-14-17(15)22-11-9-20(14)13-16-18-5-12-23-16/h5,12,14-15,17H,1-4,6-11,13H2/t14-,15+,17+/m0/s1. The Bertz CT molecular complexity index is 478. The van der Waals surface area contributed by atoms with Gasteiger partial charge < -0.3 is 14.4 Å². The average molecular weight is 337 g/mol. The molecule has 0 N–H and O–H groups in total. The van der Waals surface area contributed by atoms with Gasteiger partial charge in [0, 0.05) is 30.7 Å². The highest BCUT2D eigenvalue weighted by atomic mass is 32.1. The summed E-state index contributed by atoms with van der Waals surface area (Å²) >= 11 is 1.75. The Morgan fingerprint density at radius 2 is 2.17 bits per heavy atom. The molecule has 4 rings (SSSR count). The lowest BCUT2D eigenvalue weighted by atomic mass is 10.1. The largest absolute Gasteiger partial charge is 0.374 e. The summed E-state index contributed by atoms with van der Waals surface area (Å²) in [5, 5.41) is 3.27. The van der Waals surface area contributed by atoms with Crippen molar-refractivity contribution >= 4 is 11.3 Å². The molecule has 0 amide bonds. The molecular weight excluding hydrogens is 310 g/mol. The van der Waals surface area contributed by atoms with Gasteiger partial charge in [0.25, 0.3) is 0 Å². The monoisotopic (exact) mass is 337 g/mol. The summed E-state index contributed by atoms with van der Waals surface area (Å²) in [5.41, 5.74) is 0. The van der Waals surface area contributed by atoms with Crippen LogP contribution in [0.25, 0.3) is 0 Å². The topological polar surface area (TPSA) is 37.8 Å². The summed E-state index contributed by atoms with van der Waals surface area (Å²) in [6, 6.07) is 0.504. The van der Waals surface area contributed by atoms with Crippen molar-refractivity contribution in [3.63, 3.8) is 0 Å². The van der Waals surface area contributed by atoms with Gasteiger partial charge >= 0.3 is 0 Å². The van der Waals surface area contributed by atoms with Gasteiger partial charge in [-0.15, -0.1) is 11.3 Å². The van der Waals surface area contributed by atoms with Crippen LogP contribution in [0.1, 0.15) is 30.7 Å². The molecule has 5 nitrogen and oxygen atoms in total. The number of thiazole rings is 1. The maximum absolute atomic E-state index is 6.21. The van der Waals surface area contributed by atoms with Gasteiger partial charge in [-0.05, 0) is 38.8 Å². The van der Waals surface area contributed by atoms with Crippen LogP contribution in [0.5, 0.6) is 0 Å². The van der Waals surface area contributed by atoms with Gasteiger partial charge in [0.05, 0.1) is 32.0 Å². The fourth-order valence-electron chi connectivity index (χ4n) is 4.21. The highest BCUT2D eigenvalue weighted by Gasteiger charge is 2.43. The van der Waals surface area contributed by atoms with Crippen molar-refractivity contribution in [2.45, 2.75) is 50.5 Å². The Hall–Kier alpha value is -0.530. The van der Waals surface area contributed by atoms with Crippen LogP contribution in [0.15, 0.2) is 11.6 Å². The number of rotatable bonds is 6. The minimum Gasteiger partial charge on any atom is -0.374 e. The molecule has 1 aromatic heterocycles. The molecule has 0 bridgehead atoms. The molecule has 1 aromatic rings. The van der Waals surface area contributed by atoms with Crippen LogP contribution in [0, 0.1) is 0 Å². The van der Waals surface area contributed by atoms with E-state index < -0.39 is 0 Å². The quantitative estimate of drug-likeness (QED) is 0.794. The van der Waals surface area contributed by atoms with E-state index in [1.54, 1.807) is 11.3 Å². The van der Waals surface area contributed by atoms with Crippen LogP contribution in [-0.4, -0.2) is 72.4 Å². The van der Waals surface area contributed by atoms with Gasteiger partial charge in [-0.3, -0.25) is 4.90 Å². The molecule has 3 aliphatic rings. The molecule has 0 aromatic carbocycles. The van der Waals surface area contributed by atoms with Crippen LogP contribution in [0.3, 0.4) is 0 Å². The van der Waals surface area contributed by atoms with E-state index in [2.05, 4.69) is 20.2 Å². The molecule has 0 radical (unpaired) electrons. The van der Waals surface area contributed by atoms with E-state index >= 15 is 0 Å². The fraction of sp³-hybridized carbons (Fsp3) is 0.824. The first kappa shape index (κ1) is 16.0. The van der Waals surface area contributed by atoms with Crippen molar-refractivity contribution in [1.82, 2.24) is 14.8 Å². The van der Waals surface area contributed by atoms with Gasteiger partial charge in [0.15, 0.2) is 0 Å². The van der Waals surface area contributed by atoms with Crippen LogP contribution >= 0.6 is 11.3 Å². The van der Waals surface area contributed by atoms with Crippen LogP contribution in [0.4, 0.5) is 0 Å². The highest BCUT2D eigenvalue weighted by Crippen LogP contribution is 2.33. The molecule has 1 saturated carbocycles. The fourth-order valence-corrected chi connectivity index (χ4v) is 4.85.